The lowest BCUT2D eigenvalue weighted by atomic mass is 10.1. The van der Waals surface area contributed by atoms with Crippen LogP contribution in [0.5, 0.6) is 0 Å². The number of nitrogens with zero attached hydrogens (tertiary/aromatic N) is 3. The maximum Gasteiger partial charge on any atom is 0.103 e. The minimum absolute atomic E-state index is 0.0924. The Balaban J connectivity index is 1.89. The van der Waals surface area contributed by atoms with Gasteiger partial charge in [0.2, 0.25) is 0 Å². The summed E-state index contributed by atoms with van der Waals surface area (Å²) in [6, 6.07) is 10.2. The van der Waals surface area contributed by atoms with E-state index in [9.17, 15) is 0 Å². The second-order valence-electron chi connectivity index (χ2n) is 4.01. The molecule has 2 aromatic rings. The minimum Gasteiger partial charge on any atom is -0.365 e. The molecule has 0 N–H and O–H groups in total. The van der Waals surface area contributed by atoms with E-state index < -0.39 is 0 Å². The topological polar surface area (TPSA) is 39.9 Å². The van der Waals surface area contributed by atoms with Gasteiger partial charge in [0, 0.05) is 0 Å². The Morgan fingerprint density at radius 2 is 2.12 bits per heavy atom. The first-order valence-electron chi connectivity index (χ1n) is 5.40. The highest BCUT2D eigenvalue weighted by Crippen LogP contribution is 2.26. The van der Waals surface area contributed by atoms with E-state index in [4.69, 9.17) is 4.74 Å². The third-order valence-electron chi connectivity index (χ3n) is 2.96. The Morgan fingerprint density at radius 1 is 1.31 bits per heavy atom. The first-order chi connectivity index (χ1) is 7.84. The number of rotatable bonds is 1. The maximum atomic E-state index is 5.83. The highest BCUT2D eigenvalue weighted by Gasteiger charge is 2.22. The van der Waals surface area contributed by atoms with Crippen LogP contribution in [0.3, 0.4) is 0 Å². The number of ether oxygens (including phenoxy) is 1. The molecule has 0 spiro atoms. The van der Waals surface area contributed by atoms with Crippen molar-refractivity contribution in [1.82, 2.24) is 15.0 Å². The molecule has 1 atom stereocenters. The van der Waals surface area contributed by atoms with Crippen molar-refractivity contribution in [2.45, 2.75) is 26.2 Å². The Morgan fingerprint density at radius 3 is 2.94 bits per heavy atom. The largest absolute Gasteiger partial charge is 0.365 e. The average Bonchev–Trinajstić information content (AvgIpc) is 2.72. The molecule has 0 amide bonds. The molecule has 1 aliphatic rings. The van der Waals surface area contributed by atoms with E-state index in [0.29, 0.717) is 6.61 Å². The van der Waals surface area contributed by atoms with E-state index in [0.717, 1.165) is 17.9 Å². The minimum atomic E-state index is 0.0924. The van der Waals surface area contributed by atoms with Crippen molar-refractivity contribution in [1.29, 1.82) is 0 Å². The van der Waals surface area contributed by atoms with Gasteiger partial charge in [-0.15, -0.1) is 5.10 Å². The van der Waals surface area contributed by atoms with Crippen LogP contribution in [-0.4, -0.2) is 15.0 Å². The van der Waals surface area contributed by atoms with Gasteiger partial charge in [0.25, 0.3) is 0 Å². The van der Waals surface area contributed by atoms with Gasteiger partial charge in [-0.25, -0.2) is 4.68 Å². The molecule has 0 bridgehead atoms. The van der Waals surface area contributed by atoms with Crippen molar-refractivity contribution in [2.24, 2.45) is 0 Å². The smallest absolute Gasteiger partial charge is 0.103 e. The van der Waals surface area contributed by atoms with Crippen molar-refractivity contribution in [3.8, 4) is 0 Å². The monoisotopic (exact) mass is 215 g/mol. The van der Waals surface area contributed by atoms with Crippen LogP contribution in [0.4, 0.5) is 0 Å². The Bertz CT molecular complexity index is 492. The molecule has 82 valence electrons. The normalized spacial score (nSPS) is 19.4. The zero-order chi connectivity index (χ0) is 11.0. The van der Waals surface area contributed by atoms with E-state index in [1.54, 1.807) is 0 Å². The molecule has 2 heterocycles. The summed E-state index contributed by atoms with van der Waals surface area (Å²) in [6.45, 7) is 3.31. The Labute approximate surface area is 93.9 Å². The van der Waals surface area contributed by atoms with E-state index >= 15 is 0 Å². The van der Waals surface area contributed by atoms with Crippen LogP contribution in [0.15, 0.2) is 30.3 Å². The molecule has 0 aliphatic carbocycles. The first-order valence-corrected chi connectivity index (χ1v) is 5.40. The predicted molar refractivity (Wildman–Crippen MR) is 58.7 cm³/mol. The molecule has 0 saturated heterocycles. The lowest BCUT2D eigenvalue weighted by Crippen LogP contribution is -2.22. The SMILES string of the molecule is Cc1nnn2c1CO[C@H](c1ccccc1)C2. The van der Waals surface area contributed by atoms with Gasteiger partial charge in [-0.05, 0) is 12.5 Å². The van der Waals surface area contributed by atoms with Crippen molar-refractivity contribution >= 4 is 0 Å². The van der Waals surface area contributed by atoms with Gasteiger partial charge in [-0.3, -0.25) is 0 Å². The molecule has 0 saturated carbocycles. The van der Waals surface area contributed by atoms with Crippen molar-refractivity contribution in [2.75, 3.05) is 0 Å². The number of hydrogen-bond acceptors (Lipinski definition) is 3. The van der Waals surface area contributed by atoms with Gasteiger partial charge in [0.15, 0.2) is 0 Å². The fourth-order valence-electron chi connectivity index (χ4n) is 2.00. The second-order valence-corrected chi connectivity index (χ2v) is 4.01. The highest BCUT2D eigenvalue weighted by atomic mass is 16.5. The fraction of sp³-hybridized carbons (Fsp3) is 0.333. The molecule has 16 heavy (non-hydrogen) atoms. The van der Waals surface area contributed by atoms with E-state index in [1.807, 2.05) is 29.8 Å². The summed E-state index contributed by atoms with van der Waals surface area (Å²) in [5, 5.41) is 8.18. The summed E-state index contributed by atoms with van der Waals surface area (Å²) in [5.74, 6) is 0. The van der Waals surface area contributed by atoms with Crippen LogP contribution in [-0.2, 0) is 17.9 Å². The maximum absolute atomic E-state index is 5.83. The molecule has 1 aromatic heterocycles. The lowest BCUT2D eigenvalue weighted by molar-refractivity contribution is -0.00167. The predicted octanol–water partition coefficient (Wildman–Crippen LogP) is 1.86. The molecule has 4 heteroatoms. The van der Waals surface area contributed by atoms with Gasteiger partial charge in [-0.1, -0.05) is 35.5 Å². The van der Waals surface area contributed by atoms with Crippen LogP contribution < -0.4 is 0 Å². The number of aromatic nitrogens is 3. The molecule has 4 nitrogen and oxygen atoms in total. The van der Waals surface area contributed by atoms with Crippen molar-refractivity contribution in [3.63, 3.8) is 0 Å². The van der Waals surface area contributed by atoms with Crippen LogP contribution in [0.1, 0.15) is 23.1 Å². The zero-order valence-electron chi connectivity index (χ0n) is 9.13. The molecular formula is C12H13N3O. The van der Waals surface area contributed by atoms with Crippen LogP contribution >= 0.6 is 0 Å². The third-order valence-corrected chi connectivity index (χ3v) is 2.96. The van der Waals surface area contributed by atoms with E-state index in [-0.39, 0.29) is 6.10 Å². The molecule has 1 aliphatic heterocycles. The van der Waals surface area contributed by atoms with Crippen LogP contribution in [0, 0.1) is 6.92 Å². The number of hydrogen-bond donors (Lipinski definition) is 0. The number of fused-ring (bicyclic) bond motifs is 1. The molecule has 1 aromatic carbocycles. The standard InChI is InChI=1S/C12H13N3O/c1-9-11-8-16-12(7-15(11)14-13-9)10-5-3-2-4-6-10/h2-6,12H,7-8H2,1H3/t12-/m0/s1. The summed E-state index contributed by atoms with van der Waals surface area (Å²) in [7, 11) is 0. The summed E-state index contributed by atoms with van der Waals surface area (Å²) in [4.78, 5) is 0. The highest BCUT2D eigenvalue weighted by molar-refractivity contribution is 5.19. The van der Waals surface area contributed by atoms with Gasteiger partial charge in [0.05, 0.1) is 24.5 Å². The summed E-state index contributed by atoms with van der Waals surface area (Å²) in [5.41, 5.74) is 3.25. The van der Waals surface area contributed by atoms with Crippen LogP contribution in [0.25, 0.3) is 0 Å². The van der Waals surface area contributed by atoms with Gasteiger partial charge in [0.1, 0.15) is 6.10 Å². The molecule has 0 unspecified atom stereocenters. The summed E-state index contributed by atoms with van der Waals surface area (Å²) < 4.78 is 7.77. The number of aryl methyl sites for hydroxylation is 1. The third kappa shape index (κ3) is 1.51. The van der Waals surface area contributed by atoms with E-state index in [2.05, 4.69) is 22.4 Å². The zero-order valence-corrected chi connectivity index (χ0v) is 9.13. The average molecular weight is 215 g/mol. The fourth-order valence-corrected chi connectivity index (χ4v) is 2.00. The van der Waals surface area contributed by atoms with Gasteiger partial charge >= 0.3 is 0 Å². The molecular weight excluding hydrogens is 202 g/mol. The van der Waals surface area contributed by atoms with Crippen LogP contribution in [0.2, 0.25) is 0 Å². The summed E-state index contributed by atoms with van der Waals surface area (Å²) in [6.07, 6.45) is 0.0924. The number of benzene rings is 1. The molecule has 0 fully saturated rings. The van der Waals surface area contributed by atoms with Crippen molar-refractivity contribution in [3.05, 3.63) is 47.3 Å². The second kappa shape index (κ2) is 3.72. The van der Waals surface area contributed by atoms with Gasteiger partial charge in [-0.2, -0.15) is 0 Å². The summed E-state index contributed by atoms with van der Waals surface area (Å²) >= 11 is 0. The molecule has 3 rings (SSSR count). The molecule has 0 radical (unpaired) electrons. The quantitative estimate of drug-likeness (QED) is 0.729. The van der Waals surface area contributed by atoms with E-state index in [1.165, 1.54) is 5.56 Å². The Kier molecular flexibility index (Phi) is 2.22. The lowest BCUT2D eigenvalue weighted by Gasteiger charge is -2.24. The first kappa shape index (κ1) is 9.54. The Hall–Kier alpha value is -1.68. The van der Waals surface area contributed by atoms with Crippen molar-refractivity contribution < 1.29 is 4.74 Å². The van der Waals surface area contributed by atoms with Gasteiger partial charge < -0.3 is 4.74 Å².